The lowest BCUT2D eigenvalue weighted by atomic mass is 10.3. The van der Waals surface area contributed by atoms with Crippen LogP contribution in [0.5, 0.6) is 11.5 Å². The van der Waals surface area contributed by atoms with E-state index in [4.69, 9.17) is 4.74 Å². The molecule has 0 radical (unpaired) electrons. The van der Waals surface area contributed by atoms with Crippen LogP contribution in [0.25, 0.3) is 0 Å². The smallest absolute Gasteiger partial charge is 0.134 e. The monoisotopic (exact) mass is 257 g/mol. The Morgan fingerprint density at radius 3 is 3.00 bits per heavy atom. The lowest BCUT2D eigenvalue weighted by Crippen LogP contribution is -2.19. The number of halogens is 1. The number of benzene rings is 1. The van der Waals surface area contributed by atoms with Crippen LogP contribution >= 0.6 is 15.9 Å². The molecule has 0 aromatic heterocycles. The minimum Gasteiger partial charge on any atom is -0.508 e. The van der Waals surface area contributed by atoms with Crippen LogP contribution in [0, 0.1) is 0 Å². The first kappa shape index (κ1) is 9.80. The SMILES string of the molecule is Oc1ccc(OC2CCNC2)c(Br)c1. The van der Waals surface area contributed by atoms with Crippen molar-refractivity contribution in [3.05, 3.63) is 22.7 Å². The normalized spacial score (nSPS) is 21.1. The van der Waals surface area contributed by atoms with E-state index in [1.165, 1.54) is 0 Å². The number of hydrogen-bond donors (Lipinski definition) is 2. The van der Waals surface area contributed by atoms with Crippen molar-refractivity contribution in [1.29, 1.82) is 0 Å². The summed E-state index contributed by atoms with van der Waals surface area (Å²) in [6.45, 7) is 1.91. The Kier molecular flexibility index (Phi) is 2.93. The predicted octanol–water partition coefficient (Wildman–Crippen LogP) is 1.90. The molecule has 1 aliphatic heterocycles. The molecule has 14 heavy (non-hydrogen) atoms. The summed E-state index contributed by atoms with van der Waals surface area (Å²) in [5.74, 6) is 1.03. The third-order valence-corrected chi connectivity index (χ3v) is 2.84. The molecule has 1 aromatic rings. The summed E-state index contributed by atoms with van der Waals surface area (Å²) in [5.41, 5.74) is 0. The first-order chi connectivity index (χ1) is 6.75. The summed E-state index contributed by atoms with van der Waals surface area (Å²) >= 11 is 3.35. The van der Waals surface area contributed by atoms with Gasteiger partial charge in [0.15, 0.2) is 0 Å². The molecule has 3 nitrogen and oxygen atoms in total. The van der Waals surface area contributed by atoms with Gasteiger partial charge >= 0.3 is 0 Å². The van der Waals surface area contributed by atoms with Gasteiger partial charge in [0.25, 0.3) is 0 Å². The van der Waals surface area contributed by atoms with E-state index in [1.807, 2.05) is 0 Å². The van der Waals surface area contributed by atoms with Crippen LogP contribution in [0.3, 0.4) is 0 Å². The van der Waals surface area contributed by atoms with Crippen LogP contribution in [0.4, 0.5) is 0 Å². The summed E-state index contributed by atoms with van der Waals surface area (Å²) in [4.78, 5) is 0. The molecule has 1 unspecified atom stereocenters. The maximum absolute atomic E-state index is 9.20. The lowest BCUT2D eigenvalue weighted by Gasteiger charge is -2.13. The van der Waals surface area contributed by atoms with Gasteiger partial charge in [0.2, 0.25) is 0 Å². The highest BCUT2D eigenvalue weighted by molar-refractivity contribution is 9.10. The van der Waals surface area contributed by atoms with Crippen LogP contribution in [0.15, 0.2) is 22.7 Å². The molecule has 2 rings (SSSR count). The van der Waals surface area contributed by atoms with Gasteiger partial charge in [-0.25, -0.2) is 0 Å². The average Bonchev–Trinajstić information content (AvgIpc) is 2.62. The van der Waals surface area contributed by atoms with Crippen molar-refractivity contribution in [2.45, 2.75) is 12.5 Å². The van der Waals surface area contributed by atoms with Gasteiger partial charge in [0.1, 0.15) is 17.6 Å². The molecule has 1 saturated heterocycles. The van der Waals surface area contributed by atoms with Gasteiger partial charge in [0, 0.05) is 6.54 Å². The molecule has 1 atom stereocenters. The molecule has 0 bridgehead atoms. The van der Waals surface area contributed by atoms with Crippen LogP contribution in [0.2, 0.25) is 0 Å². The molecule has 1 aliphatic rings. The Balaban J connectivity index is 2.08. The number of phenols is 1. The first-order valence-corrected chi connectivity index (χ1v) is 5.41. The fraction of sp³-hybridized carbons (Fsp3) is 0.400. The van der Waals surface area contributed by atoms with Crippen molar-refractivity contribution in [3.8, 4) is 11.5 Å². The fourth-order valence-corrected chi connectivity index (χ4v) is 1.95. The maximum Gasteiger partial charge on any atom is 0.134 e. The van der Waals surface area contributed by atoms with Crippen molar-refractivity contribution in [2.75, 3.05) is 13.1 Å². The second kappa shape index (κ2) is 4.19. The quantitative estimate of drug-likeness (QED) is 0.851. The molecular formula is C10H12BrNO2. The Morgan fingerprint density at radius 1 is 1.50 bits per heavy atom. The first-order valence-electron chi connectivity index (χ1n) is 4.61. The average molecular weight is 258 g/mol. The van der Waals surface area contributed by atoms with Gasteiger partial charge in [-0.1, -0.05) is 0 Å². The van der Waals surface area contributed by atoms with Crippen LogP contribution in [0.1, 0.15) is 6.42 Å². The summed E-state index contributed by atoms with van der Waals surface area (Å²) in [7, 11) is 0. The summed E-state index contributed by atoms with van der Waals surface area (Å²) in [6, 6.07) is 5.04. The van der Waals surface area contributed by atoms with Gasteiger partial charge in [-0.05, 0) is 47.1 Å². The second-order valence-electron chi connectivity index (χ2n) is 3.35. The number of hydrogen-bond acceptors (Lipinski definition) is 3. The van der Waals surface area contributed by atoms with Gasteiger partial charge in [-0.15, -0.1) is 0 Å². The number of nitrogens with one attached hydrogen (secondary N) is 1. The highest BCUT2D eigenvalue weighted by Crippen LogP contribution is 2.29. The summed E-state index contributed by atoms with van der Waals surface area (Å²) < 4.78 is 6.54. The van der Waals surface area contributed by atoms with E-state index in [1.54, 1.807) is 18.2 Å². The fourth-order valence-electron chi connectivity index (χ4n) is 1.49. The van der Waals surface area contributed by atoms with E-state index in [9.17, 15) is 5.11 Å². The molecule has 2 N–H and O–H groups in total. The van der Waals surface area contributed by atoms with Crippen LogP contribution < -0.4 is 10.1 Å². The Bertz CT molecular complexity index is 324. The van der Waals surface area contributed by atoms with Crippen molar-refractivity contribution < 1.29 is 9.84 Å². The van der Waals surface area contributed by atoms with E-state index in [-0.39, 0.29) is 11.9 Å². The van der Waals surface area contributed by atoms with E-state index >= 15 is 0 Å². The zero-order valence-corrected chi connectivity index (χ0v) is 9.25. The van der Waals surface area contributed by atoms with Gasteiger partial charge in [-0.2, -0.15) is 0 Å². The maximum atomic E-state index is 9.20. The molecule has 76 valence electrons. The van der Waals surface area contributed by atoms with Crippen molar-refractivity contribution in [1.82, 2.24) is 5.32 Å². The summed E-state index contributed by atoms with van der Waals surface area (Å²) in [6.07, 6.45) is 1.28. The van der Waals surface area contributed by atoms with Gasteiger partial charge in [0.05, 0.1) is 4.47 Å². The molecule has 0 spiro atoms. The predicted molar refractivity (Wildman–Crippen MR) is 57.7 cm³/mol. The third kappa shape index (κ3) is 2.19. The number of aromatic hydroxyl groups is 1. The molecule has 0 saturated carbocycles. The van der Waals surface area contributed by atoms with Crippen molar-refractivity contribution in [3.63, 3.8) is 0 Å². The standard InChI is InChI=1S/C10H12BrNO2/c11-9-5-7(13)1-2-10(9)14-8-3-4-12-6-8/h1-2,5,8,12-13H,3-4,6H2. The highest BCUT2D eigenvalue weighted by atomic mass is 79.9. The molecule has 1 aromatic carbocycles. The van der Waals surface area contributed by atoms with Crippen LogP contribution in [-0.4, -0.2) is 24.3 Å². The topological polar surface area (TPSA) is 41.5 Å². The number of rotatable bonds is 2. The zero-order valence-electron chi connectivity index (χ0n) is 7.66. The Labute approximate surface area is 91.2 Å². The van der Waals surface area contributed by atoms with Crippen molar-refractivity contribution >= 4 is 15.9 Å². The summed E-state index contributed by atoms with van der Waals surface area (Å²) in [5, 5.41) is 12.4. The zero-order chi connectivity index (χ0) is 9.97. The molecule has 1 heterocycles. The molecule has 1 fully saturated rings. The molecule has 0 aliphatic carbocycles. The molecular weight excluding hydrogens is 246 g/mol. The number of ether oxygens (including phenoxy) is 1. The van der Waals surface area contributed by atoms with Crippen molar-refractivity contribution in [2.24, 2.45) is 0 Å². The van der Waals surface area contributed by atoms with E-state index < -0.39 is 0 Å². The van der Waals surface area contributed by atoms with Crippen LogP contribution in [-0.2, 0) is 0 Å². The van der Waals surface area contributed by atoms with Gasteiger partial charge in [-0.3, -0.25) is 0 Å². The Hall–Kier alpha value is -0.740. The minimum atomic E-state index is 0.244. The third-order valence-electron chi connectivity index (χ3n) is 2.22. The minimum absolute atomic E-state index is 0.244. The van der Waals surface area contributed by atoms with Gasteiger partial charge < -0.3 is 15.2 Å². The second-order valence-corrected chi connectivity index (χ2v) is 4.20. The largest absolute Gasteiger partial charge is 0.508 e. The highest BCUT2D eigenvalue weighted by Gasteiger charge is 2.16. The van der Waals surface area contributed by atoms with E-state index in [0.29, 0.717) is 0 Å². The van der Waals surface area contributed by atoms with E-state index in [2.05, 4.69) is 21.2 Å². The Morgan fingerprint density at radius 2 is 2.36 bits per heavy atom. The number of phenolic OH excluding ortho intramolecular Hbond substituents is 1. The molecule has 4 heteroatoms. The lowest BCUT2D eigenvalue weighted by molar-refractivity contribution is 0.221. The molecule has 0 amide bonds. The van der Waals surface area contributed by atoms with E-state index in [0.717, 1.165) is 29.7 Å².